The smallest absolute Gasteiger partial charge is 0.0715 e. The lowest BCUT2D eigenvalue weighted by molar-refractivity contribution is -0.255. The van der Waals surface area contributed by atoms with Crippen LogP contribution < -0.4 is 10.5 Å². The predicted octanol–water partition coefficient (Wildman–Crippen LogP) is 2.81. The number of carbonyl (C=O) groups is 1. The summed E-state index contributed by atoms with van der Waals surface area (Å²) in [5.74, 6) is 0.594. The van der Waals surface area contributed by atoms with Crippen LogP contribution in [0, 0.1) is 11.8 Å². The lowest BCUT2D eigenvalue weighted by Gasteiger charge is -2.35. The summed E-state index contributed by atoms with van der Waals surface area (Å²) in [5, 5.41) is 15.2. The predicted molar refractivity (Wildman–Crippen MR) is 81.1 cm³/mol. The fraction of sp³-hybridized carbons (Fsp3) is 0.529. The van der Waals surface area contributed by atoms with Gasteiger partial charge in [0.2, 0.25) is 0 Å². The number of anilines is 1. The zero-order valence-electron chi connectivity index (χ0n) is 12.2. The van der Waals surface area contributed by atoms with Crippen LogP contribution in [-0.2, 0) is 0 Å². The first-order chi connectivity index (χ1) is 10.2. The highest BCUT2D eigenvalue weighted by Gasteiger charge is 2.30. The van der Waals surface area contributed by atoms with Gasteiger partial charge in [-0.15, -0.1) is 0 Å². The molecule has 0 aliphatic heterocycles. The molecular weight excluding hydrogens is 264 g/mol. The molecule has 0 unspecified atom stereocenters. The summed E-state index contributed by atoms with van der Waals surface area (Å²) in [4.78, 5) is 10.7. The maximum atomic E-state index is 10.7. The van der Waals surface area contributed by atoms with E-state index in [0.29, 0.717) is 0 Å². The van der Waals surface area contributed by atoms with E-state index in [1.807, 2.05) is 0 Å². The number of hydrazone groups is 1. The third-order valence-electron chi connectivity index (χ3n) is 4.83. The van der Waals surface area contributed by atoms with E-state index in [0.717, 1.165) is 30.4 Å². The number of carboxylic acid groups (broad SMARTS) is 1. The van der Waals surface area contributed by atoms with Gasteiger partial charge in [0.05, 0.1) is 11.7 Å². The molecule has 0 saturated heterocycles. The van der Waals surface area contributed by atoms with Crippen molar-refractivity contribution in [3.63, 3.8) is 0 Å². The molecule has 21 heavy (non-hydrogen) atoms. The van der Waals surface area contributed by atoms with Crippen LogP contribution in [-0.4, -0.2) is 11.7 Å². The molecule has 4 nitrogen and oxygen atoms in total. The maximum absolute atomic E-state index is 10.7. The zero-order valence-corrected chi connectivity index (χ0v) is 12.2. The molecule has 0 amide bonds. The quantitative estimate of drug-likeness (QED) is 0.868. The Morgan fingerprint density at radius 3 is 2.52 bits per heavy atom. The highest BCUT2D eigenvalue weighted by atomic mass is 16.4. The highest BCUT2D eigenvalue weighted by Crippen LogP contribution is 2.39. The summed E-state index contributed by atoms with van der Waals surface area (Å²) < 4.78 is 0. The van der Waals surface area contributed by atoms with Crippen molar-refractivity contribution >= 4 is 17.4 Å². The number of hydrogen-bond donors (Lipinski definition) is 1. The average Bonchev–Trinajstić information content (AvgIpc) is 2.53. The van der Waals surface area contributed by atoms with Crippen molar-refractivity contribution in [1.82, 2.24) is 0 Å². The molecule has 2 saturated carbocycles. The van der Waals surface area contributed by atoms with Gasteiger partial charge in [0.15, 0.2) is 0 Å². The Morgan fingerprint density at radius 1 is 1.10 bits per heavy atom. The van der Waals surface area contributed by atoms with E-state index in [-0.39, 0.29) is 5.56 Å². The Kier molecular flexibility index (Phi) is 4.23. The van der Waals surface area contributed by atoms with E-state index in [4.69, 9.17) is 0 Å². The van der Waals surface area contributed by atoms with Crippen molar-refractivity contribution in [3.8, 4) is 0 Å². The van der Waals surface area contributed by atoms with Crippen molar-refractivity contribution in [2.24, 2.45) is 16.9 Å². The number of nitrogens with one attached hydrogen (secondary N) is 1. The van der Waals surface area contributed by atoms with Crippen molar-refractivity contribution < 1.29 is 9.90 Å². The molecule has 2 aliphatic rings. The van der Waals surface area contributed by atoms with Gasteiger partial charge in [0, 0.05) is 5.71 Å². The second kappa shape index (κ2) is 6.29. The lowest BCUT2D eigenvalue weighted by Crippen LogP contribution is -2.28. The van der Waals surface area contributed by atoms with Crippen molar-refractivity contribution in [1.29, 1.82) is 0 Å². The summed E-state index contributed by atoms with van der Waals surface area (Å²) in [7, 11) is 0. The number of nitrogens with zero attached hydrogens (tertiary/aromatic N) is 1. The molecule has 2 aliphatic carbocycles. The van der Waals surface area contributed by atoms with Gasteiger partial charge in [-0.25, -0.2) is 0 Å². The van der Waals surface area contributed by atoms with Gasteiger partial charge in [-0.3, -0.25) is 5.43 Å². The largest absolute Gasteiger partial charge is 0.545 e. The van der Waals surface area contributed by atoms with Crippen LogP contribution in [0.5, 0.6) is 0 Å². The Labute approximate surface area is 125 Å². The van der Waals surface area contributed by atoms with Crippen LogP contribution >= 0.6 is 0 Å². The molecule has 2 atom stereocenters. The third kappa shape index (κ3) is 3.43. The SMILES string of the molecule is O=C([O-])c1ccc(N/N=C2\CC[C@@H]3CCCC[C@H]3C2)cc1. The molecule has 2 fully saturated rings. The minimum absolute atomic E-state index is 0.191. The van der Waals surface area contributed by atoms with Crippen molar-refractivity contribution in [2.45, 2.75) is 44.9 Å². The van der Waals surface area contributed by atoms with E-state index in [1.54, 1.807) is 12.1 Å². The van der Waals surface area contributed by atoms with E-state index in [2.05, 4.69) is 10.5 Å². The van der Waals surface area contributed by atoms with Crippen LogP contribution in [0.1, 0.15) is 55.3 Å². The number of hydrogen-bond acceptors (Lipinski definition) is 4. The first-order valence-corrected chi connectivity index (χ1v) is 7.85. The standard InChI is InChI=1S/C17H22N2O2/c20-17(21)13-6-8-15(9-7-13)18-19-16-10-5-12-3-1-2-4-14(12)11-16/h6-9,12,14,18H,1-5,10-11H2,(H,20,21)/p-1/b19-16+/t12-,14-/m0/s1. The first-order valence-electron chi connectivity index (χ1n) is 7.85. The minimum atomic E-state index is -1.15. The molecule has 0 bridgehead atoms. The second-order valence-corrected chi connectivity index (χ2v) is 6.20. The summed E-state index contributed by atoms with van der Waals surface area (Å²) in [6.07, 6.45) is 9.00. The van der Waals surface area contributed by atoms with E-state index >= 15 is 0 Å². The normalized spacial score (nSPS) is 27.1. The van der Waals surface area contributed by atoms with Crippen LogP contribution in [0.15, 0.2) is 29.4 Å². The highest BCUT2D eigenvalue weighted by molar-refractivity contribution is 5.87. The van der Waals surface area contributed by atoms with Crippen molar-refractivity contribution in [2.75, 3.05) is 5.43 Å². The van der Waals surface area contributed by atoms with Gasteiger partial charge in [0.25, 0.3) is 0 Å². The number of rotatable bonds is 3. The second-order valence-electron chi connectivity index (χ2n) is 6.20. The molecule has 3 rings (SSSR count). The van der Waals surface area contributed by atoms with Crippen LogP contribution in [0.25, 0.3) is 0 Å². The number of aromatic carboxylic acids is 1. The molecule has 112 valence electrons. The Bertz CT molecular complexity index is 536. The average molecular weight is 285 g/mol. The first kappa shape index (κ1) is 14.1. The number of carbonyl (C=O) groups excluding carboxylic acids is 1. The van der Waals surface area contributed by atoms with Gasteiger partial charge in [-0.1, -0.05) is 31.4 Å². The van der Waals surface area contributed by atoms with Gasteiger partial charge in [0.1, 0.15) is 0 Å². The summed E-state index contributed by atoms with van der Waals surface area (Å²) in [5.41, 5.74) is 5.31. The molecular formula is C17H21N2O2-. The number of carboxylic acids is 1. The monoisotopic (exact) mass is 285 g/mol. The molecule has 1 aromatic rings. The molecule has 0 radical (unpaired) electrons. The molecule has 0 heterocycles. The molecule has 0 spiro atoms. The van der Waals surface area contributed by atoms with Gasteiger partial charge in [-0.2, -0.15) is 5.10 Å². The summed E-state index contributed by atoms with van der Waals surface area (Å²) in [6.45, 7) is 0. The van der Waals surface area contributed by atoms with Gasteiger partial charge in [-0.05, 0) is 55.2 Å². The van der Waals surface area contributed by atoms with Crippen LogP contribution in [0.3, 0.4) is 0 Å². The van der Waals surface area contributed by atoms with E-state index in [1.165, 1.54) is 49.9 Å². The zero-order chi connectivity index (χ0) is 14.7. The Balaban J connectivity index is 1.59. The minimum Gasteiger partial charge on any atom is -0.545 e. The number of benzene rings is 1. The third-order valence-corrected chi connectivity index (χ3v) is 4.83. The van der Waals surface area contributed by atoms with Crippen molar-refractivity contribution in [3.05, 3.63) is 29.8 Å². The topological polar surface area (TPSA) is 64.5 Å². The van der Waals surface area contributed by atoms with Gasteiger partial charge < -0.3 is 9.90 Å². The maximum Gasteiger partial charge on any atom is 0.0715 e. The lowest BCUT2D eigenvalue weighted by atomic mass is 9.70. The number of fused-ring (bicyclic) bond motifs is 1. The Hall–Kier alpha value is -1.84. The fourth-order valence-electron chi connectivity index (χ4n) is 3.62. The summed E-state index contributed by atoms with van der Waals surface area (Å²) >= 11 is 0. The molecule has 4 heteroatoms. The Morgan fingerprint density at radius 2 is 1.81 bits per heavy atom. The van der Waals surface area contributed by atoms with E-state index < -0.39 is 5.97 Å². The van der Waals surface area contributed by atoms with Crippen LogP contribution in [0.2, 0.25) is 0 Å². The van der Waals surface area contributed by atoms with Gasteiger partial charge >= 0.3 is 0 Å². The molecule has 1 N–H and O–H groups in total. The van der Waals surface area contributed by atoms with E-state index in [9.17, 15) is 9.90 Å². The van der Waals surface area contributed by atoms with Crippen LogP contribution in [0.4, 0.5) is 5.69 Å². The molecule has 0 aromatic heterocycles. The fourth-order valence-corrected chi connectivity index (χ4v) is 3.62. The summed E-state index contributed by atoms with van der Waals surface area (Å²) in [6, 6.07) is 6.52. The molecule has 1 aromatic carbocycles.